The zero-order chi connectivity index (χ0) is 14.9. The van der Waals surface area contributed by atoms with E-state index in [2.05, 4.69) is 9.73 Å². The smallest absolute Gasteiger partial charge is 0.334 e. The number of nitrogens with zero attached hydrogens (tertiary/aromatic N) is 1. The highest BCUT2D eigenvalue weighted by Crippen LogP contribution is 2.35. The van der Waals surface area contributed by atoms with Crippen molar-refractivity contribution in [2.75, 3.05) is 26.9 Å². The van der Waals surface area contributed by atoms with Crippen LogP contribution in [-0.4, -0.2) is 44.8 Å². The topological polar surface area (TPSA) is 66.4 Å². The minimum atomic E-state index is -0.643. The molecule has 1 atom stereocenters. The molecule has 0 N–H and O–H groups in total. The van der Waals surface area contributed by atoms with Crippen molar-refractivity contribution in [2.24, 2.45) is 4.99 Å². The molecule has 2 aliphatic heterocycles. The molecule has 2 aliphatic rings. The number of hydrogen-bond acceptors (Lipinski definition) is 7. The van der Waals surface area contributed by atoms with E-state index in [9.17, 15) is 4.79 Å². The average Bonchev–Trinajstić information content (AvgIpc) is 3.19. The van der Waals surface area contributed by atoms with Gasteiger partial charge in [0.25, 0.3) is 0 Å². The van der Waals surface area contributed by atoms with Gasteiger partial charge in [-0.2, -0.15) is 0 Å². The van der Waals surface area contributed by atoms with Crippen LogP contribution in [0.15, 0.2) is 17.1 Å². The van der Waals surface area contributed by atoms with Crippen LogP contribution in [0.5, 0.6) is 0 Å². The Balaban J connectivity index is 1.67. The van der Waals surface area contributed by atoms with E-state index in [4.69, 9.17) is 14.2 Å². The maximum atomic E-state index is 11.4. The number of thiophene rings is 1. The predicted molar refractivity (Wildman–Crippen MR) is 76.5 cm³/mol. The third-order valence-electron chi connectivity index (χ3n) is 3.45. The Morgan fingerprint density at radius 3 is 2.95 bits per heavy atom. The van der Waals surface area contributed by atoms with E-state index >= 15 is 0 Å². The Kier molecular flexibility index (Phi) is 3.97. The van der Waals surface area contributed by atoms with Crippen LogP contribution in [0, 0.1) is 0 Å². The molecule has 21 heavy (non-hydrogen) atoms. The minimum absolute atomic E-state index is 0.254. The number of methoxy groups -OCH3 is 1. The van der Waals surface area contributed by atoms with Gasteiger partial charge in [0.05, 0.1) is 31.6 Å². The van der Waals surface area contributed by atoms with Crippen molar-refractivity contribution in [3.05, 3.63) is 21.9 Å². The van der Waals surface area contributed by atoms with Gasteiger partial charge in [0.2, 0.25) is 5.79 Å². The van der Waals surface area contributed by atoms with Crippen LogP contribution in [-0.2, 0) is 35.9 Å². The Labute approximate surface area is 126 Å². The summed E-state index contributed by atoms with van der Waals surface area (Å²) in [6.45, 7) is 3.40. The molecule has 1 saturated heterocycles. The SMILES string of the molecule is COC(=O)[C@H]1COC(Cc2ccc(C3(C)OCCO3)s2)=N1. The van der Waals surface area contributed by atoms with E-state index in [1.165, 1.54) is 7.11 Å². The largest absolute Gasteiger partial charge is 0.478 e. The first-order valence-corrected chi connectivity index (χ1v) is 7.57. The van der Waals surface area contributed by atoms with Crippen molar-refractivity contribution in [2.45, 2.75) is 25.2 Å². The first-order valence-electron chi connectivity index (χ1n) is 6.75. The molecule has 0 unspecified atom stereocenters. The maximum Gasteiger partial charge on any atom is 0.334 e. The molecule has 0 spiro atoms. The number of aliphatic imine (C=N–C) groups is 1. The Bertz CT molecular complexity index is 561. The third-order valence-corrected chi connectivity index (χ3v) is 4.72. The van der Waals surface area contributed by atoms with E-state index in [-0.39, 0.29) is 12.6 Å². The van der Waals surface area contributed by atoms with Crippen molar-refractivity contribution < 1.29 is 23.7 Å². The second-order valence-electron chi connectivity index (χ2n) is 4.96. The number of carbonyl (C=O) groups excluding carboxylic acids is 1. The summed E-state index contributed by atoms with van der Waals surface area (Å²) in [5.74, 6) is -0.440. The quantitative estimate of drug-likeness (QED) is 0.788. The number of rotatable bonds is 4. The van der Waals surface area contributed by atoms with Gasteiger partial charge in [-0.15, -0.1) is 11.3 Å². The molecule has 7 heteroatoms. The number of hydrogen-bond donors (Lipinski definition) is 0. The van der Waals surface area contributed by atoms with Crippen LogP contribution in [0.4, 0.5) is 0 Å². The number of carbonyl (C=O) groups is 1. The van der Waals surface area contributed by atoms with Gasteiger partial charge in [0.15, 0.2) is 11.9 Å². The molecule has 0 bridgehead atoms. The first kappa shape index (κ1) is 14.5. The van der Waals surface area contributed by atoms with Crippen LogP contribution < -0.4 is 0 Å². The van der Waals surface area contributed by atoms with Gasteiger partial charge in [-0.3, -0.25) is 0 Å². The molecule has 0 radical (unpaired) electrons. The van der Waals surface area contributed by atoms with Crippen LogP contribution in [0.3, 0.4) is 0 Å². The van der Waals surface area contributed by atoms with Crippen LogP contribution in [0.1, 0.15) is 16.7 Å². The molecule has 3 rings (SSSR count). The Morgan fingerprint density at radius 1 is 1.48 bits per heavy atom. The molecular formula is C14H17NO5S. The summed E-state index contributed by atoms with van der Waals surface area (Å²) in [5, 5.41) is 0. The van der Waals surface area contributed by atoms with Gasteiger partial charge in [-0.25, -0.2) is 9.79 Å². The van der Waals surface area contributed by atoms with Crippen LogP contribution in [0.2, 0.25) is 0 Å². The number of esters is 1. The van der Waals surface area contributed by atoms with Gasteiger partial charge in [0, 0.05) is 4.88 Å². The lowest BCUT2D eigenvalue weighted by Crippen LogP contribution is -2.21. The molecule has 0 aromatic carbocycles. The minimum Gasteiger partial charge on any atom is -0.478 e. The third kappa shape index (κ3) is 2.95. The lowest BCUT2D eigenvalue weighted by Gasteiger charge is -2.20. The fraction of sp³-hybridized carbons (Fsp3) is 0.571. The zero-order valence-electron chi connectivity index (χ0n) is 12.0. The highest BCUT2D eigenvalue weighted by atomic mass is 32.1. The van der Waals surface area contributed by atoms with Crippen molar-refractivity contribution in [1.82, 2.24) is 0 Å². The summed E-state index contributed by atoms with van der Waals surface area (Å²) >= 11 is 1.60. The molecule has 1 fully saturated rings. The van der Waals surface area contributed by atoms with Crippen LogP contribution in [0.25, 0.3) is 0 Å². The summed E-state index contributed by atoms with van der Waals surface area (Å²) in [4.78, 5) is 17.8. The summed E-state index contributed by atoms with van der Waals surface area (Å²) in [6, 6.07) is 3.47. The fourth-order valence-electron chi connectivity index (χ4n) is 2.30. The summed E-state index contributed by atoms with van der Waals surface area (Å²) in [6.07, 6.45) is 0.564. The average molecular weight is 311 g/mol. The molecule has 6 nitrogen and oxygen atoms in total. The summed E-state index contributed by atoms with van der Waals surface area (Å²) in [7, 11) is 1.35. The fourth-order valence-corrected chi connectivity index (χ4v) is 3.35. The standard InChI is InChI=1S/C14H17NO5S/c1-14(19-5-6-20-14)11-4-3-9(21-11)7-12-15-10(8-18-12)13(16)17-2/h3-4,10H,5-8H2,1-2H3/t10-/m1/s1. The van der Waals surface area contributed by atoms with E-state index in [0.717, 1.165) is 9.75 Å². The monoisotopic (exact) mass is 311 g/mol. The van der Waals surface area contributed by atoms with Gasteiger partial charge < -0.3 is 18.9 Å². The van der Waals surface area contributed by atoms with E-state index in [1.54, 1.807) is 11.3 Å². The summed E-state index contributed by atoms with van der Waals surface area (Å²) < 4.78 is 21.4. The number of ether oxygens (including phenoxy) is 4. The highest BCUT2D eigenvalue weighted by molar-refractivity contribution is 7.12. The lowest BCUT2D eigenvalue weighted by molar-refractivity contribution is -0.147. The second-order valence-corrected chi connectivity index (χ2v) is 6.13. The highest BCUT2D eigenvalue weighted by Gasteiger charge is 2.35. The second kappa shape index (κ2) is 5.75. The van der Waals surface area contributed by atoms with Crippen molar-refractivity contribution in [3.63, 3.8) is 0 Å². The summed E-state index contributed by atoms with van der Waals surface area (Å²) in [5.41, 5.74) is 0. The van der Waals surface area contributed by atoms with Gasteiger partial charge in [-0.05, 0) is 19.1 Å². The van der Waals surface area contributed by atoms with E-state index in [0.29, 0.717) is 25.5 Å². The first-order chi connectivity index (χ1) is 10.1. The molecule has 1 aromatic rings. The van der Waals surface area contributed by atoms with Gasteiger partial charge in [0.1, 0.15) is 6.61 Å². The molecule has 1 aromatic heterocycles. The molecule has 0 saturated carbocycles. The van der Waals surface area contributed by atoms with Crippen molar-refractivity contribution in [3.8, 4) is 0 Å². The van der Waals surface area contributed by atoms with Crippen LogP contribution >= 0.6 is 11.3 Å². The van der Waals surface area contributed by atoms with E-state index in [1.807, 2.05) is 19.1 Å². The maximum absolute atomic E-state index is 11.4. The van der Waals surface area contributed by atoms with Gasteiger partial charge in [-0.1, -0.05) is 0 Å². The van der Waals surface area contributed by atoms with E-state index < -0.39 is 11.8 Å². The molecule has 0 aliphatic carbocycles. The Hall–Kier alpha value is -1.44. The van der Waals surface area contributed by atoms with Crippen molar-refractivity contribution in [1.29, 1.82) is 0 Å². The molecule has 3 heterocycles. The zero-order valence-corrected chi connectivity index (χ0v) is 12.8. The normalized spacial score (nSPS) is 23.7. The predicted octanol–water partition coefficient (Wildman–Crippen LogP) is 1.48. The lowest BCUT2D eigenvalue weighted by atomic mass is 10.2. The van der Waals surface area contributed by atoms with Crippen molar-refractivity contribution >= 4 is 23.2 Å². The molecular weight excluding hydrogens is 294 g/mol. The molecule has 114 valence electrons. The van der Waals surface area contributed by atoms with Gasteiger partial charge >= 0.3 is 5.97 Å². The Morgan fingerprint density at radius 2 is 2.24 bits per heavy atom. The molecule has 0 amide bonds.